The first-order valence-electron chi connectivity index (χ1n) is 9.94. The van der Waals surface area contributed by atoms with E-state index in [1.54, 1.807) is 42.3 Å². The van der Waals surface area contributed by atoms with Gasteiger partial charge < -0.3 is 19.8 Å². The molecule has 1 atom stereocenters. The van der Waals surface area contributed by atoms with E-state index in [1.165, 1.54) is 4.90 Å². The minimum atomic E-state index is -1.70. The molecule has 1 aliphatic rings. The van der Waals surface area contributed by atoms with Crippen LogP contribution in [0.25, 0.3) is 22.8 Å². The summed E-state index contributed by atoms with van der Waals surface area (Å²) in [6.45, 7) is 0.447. The maximum absolute atomic E-state index is 12.3. The van der Waals surface area contributed by atoms with Gasteiger partial charge in [0.2, 0.25) is 11.5 Å². The highest BCUT2D eigenvalue weighted by Gasteiger charge is 2.48. The predicted octanol–water partition coefficient (Wildman–Crippen LogP) is 1.72. The Morgan fingerprint density at radius 3 is 2.62 bits per heavy atom. The number of hydrogen-bond donors (Lipinski definition) is 2. The Kier molecular flexibility index (Phi) is 4.67. The van der Waals surface area contributed by atoms with E-state index in [1.807, 2.05) is 25.4 Å². The van der Waals surface area contributed by atoms with Crippen LogP contribution < -0.4 is 5.32 Å². The van der Waals surface area contributed by atoms with Crippen LogP contribution in [0.1, 0.15) is 12.2 Å². The Bertz CT molecular complexity index is 1300. The molecule has 1 aliphatic heterocycles. The summed E-state index contributed by atoms with van der Waals surface area (Å²) in [5, 5.41) is 22.0. The molecule has 11 nitrogen and oxygen atoms in total. The number of pyridine rings is 1. The van der Waals surface area contributed by atoms with Crippen molar-refractivity contribution in [2.45, 2.75) is 12.0 Å². The molecule has 0 aromatic carbocycles. The number of likely N-dealkylation sites (tertiary alicyclic amines) is 1. The topological polar surface area (TPSA) is 135 Å². The van der Waals surface area contributed by atoms with E-state index in [2.05, 4.69) is 30.5 Å². The average Bonchev–Trinajstić information content (AvgIpc) is 3.52. The second kappa shape index (κ2) is 7.54. The van der Waals surface area contributed by atoms with Gasteiger partial charge in [-0.25, -0.2) is 15.0 Å². The number of likely N-dealkylation sites (N-methyl/N-ethyl adjacent to an activating group) is 1. The molecule has 0 saturated carbocycles. The molecule has 1 fully saturated rings. The van der Waals surface area contributed by atoms with E-state index in [-0.39, 0.29) is 12.2 Å². The number of hydrogen-bond acceptors (Lipinski definition) is 9. The number of anilines is 2. The second-order valence-corrected chi connectivity index (χ2v) is 7.61. The van der Waals surface area contributed by atoms with Crippen molar-refractivity contribution in [1.82, 2.24) is 34.8 Å². The van der Waals surface area contributed by atoms with Crippen LogP contribution in [-0.4, -0.2) is 59.4 Å². The van der Waals surface area contributed by atoms with Crippen LogP contribution in [-0.2, 0) is 17.4 Å². The predicted molar refractivity (Wildman–Crippen MR) is 113 cm³/mol. The normalized spacial score (nSPS) is 18.3. The number of carbonyl (C=O) groups excluding carboxylic acids is 1. The Morgan fingerprint density at radius 2 is 1.91 bits per heavy atom. The molecule has 1 saturated heterocycles. The number of aromatic nitrogens is 6. The van der Waals surface area contributed by atoms with Crippen LogP contribution in [0, 0.1) is 0 Å². The molecule has 0 spiro atoms. The number of aryl methyl sites for hydroxylation is 1. The third kappa shape index (κ3) is 3.48. The van der Waals surface area contributed by atoms with Crippen LogP contribution in [0.3, 0.4) is 0 Å². The van der Waals surface area contributed by atoms with Crippen molar-refractivity contribution in [3.63, 3.8) is 0 Å². The number of nitrogens with zero attached hydrogens (tertiary/aromatic N) is 7. The van der Waals surface area contributed by atoms with Crippen LogP contribution in [0.15, 0.2) is 53.4 Å². The van der Waals surface area contributed by atoms with Crippen LogP contribution in [0.2, 0.25) is 0 Å². The fraction of sp³-hybridized carbons (Fsp3) is 0.238. The van der Waals surface area contributed by atoms with Crippen molar-refractivity contribution in [2.75, 3.05) is 18.9 Å². The molecule has 11 heteroatoms. The third-order valence-corrected chi connectivity index (χ3v) is 5.32. The Morgan fingerprint density at radius 1 is 1.12 bits per heavy atom. The van der Waals surface area contributed by atoms with Gasteiger partial charge in [-0.15, -0.1) is 0 Å². The van der Waals surface area contributed by atoms with Gasteiger partial charge in [0.15, 0.2) is 5.76 Å². The van der Waals surface area contributed by atoms with Crippen LogP contribution in [0.5, 0.6) is 0 Å². The minimum absolute atomic E-state index is 0.110. The Labute approximate surface area is 182 Å². The first kappa shape index (κ1) is 19.8. The SMILES string of the molecule is CN1CC[C@@](O)(c2cc(-c3cccc(-c4ccnc(Nc5cnn(C)c5)n4)n3)no2)C1=O. The Balaban J connectivity index is 1.42. The maximum atomic E-state index is 12.3. The fourth-order valence-electron chi connectivity index (χ4n) is 3.57. The highest BCUT2D eigenvalue weighted by molar-refractivity contribution is 5.87. The summed E-state index contributed by atoms with van der Waals surface area (Å²) in [4.78, 5) is 27.2. The lowest BCUT2D eigenvalue weighted by Gasteiger charge is -2.16. The highest BCUT2D eigenvalue weighted by atomic mass is 16.5. The zero-order chi connectivity index (χ0) is 22.3. The molecule has 32 heavy (non-hydrogen) atoms. The van der Waals surface area contributed by atoms with E-state index in [0.717, 1.165) is 5.69 Å². The smallest absolute Gasteiger partial charge is 0.262 e. The summed E-state index contributed by atoms with van der Waals surface area (Å²) in [6, 6.07) is 8.73. The van der Waals surface area contributed by atoms with Gasteiger partial charge in [0.1, 0.15) is 5.69 Å². The molecule has 5 rings (SSSR count). The summed E-state index contributed by atoms with van der Waals surface area (Å²) in [5.74, 6) is 0.119. The molecule has 162 valence electrons. The van der Waals surface area contributed by atoms with Gasteiger partial charge in [-0.2, -0.15) is 5.10 Å². The molecular formula is C21H20N8O3. The molecular weight excluding hydrogens is 412 g/mol. The highest BCUT2D eigenvalue weighted by Crippen LogP contribution is 2.34. The summed E-state index contributed by atoms with van der Waals surface area (Å²) in [7, 11) is 3.47. The molecule has 0 radical (unpaired) electrons. The molecule has 0 unspecified atom stereocenters. The van der Waals surface area contributed by atoms with Gasteiger partial charge >= 0.3 is 0 Å². The minimum Gasteiger partial charge on any atom is -0.373 e. The monoisotopic (exact) mass is 432 g/mol. The molecule has 2 N–H and O–H groups in total. The van der Waals surface area contributed by atoms with Gasteiger partial charge in [-0.3, -0.25) is 9.48 Å². The van der Waals surface area contributed by atoms with Gasteiger partial charge in [-0.1, -0.05) is 11.2 Å². The van der Waals surface area contributed by atoms with E-state index >= 15 is 0 Å². The van der Waals surface area contributed by atoms with E-state index in [4.69, 9.17) is 4.52 Å². The summed E-state index contributed by atoms with van der Waals surface area (Å²) < 4.78 is 7.00. The summed E-state index contributed by atoms with van der Waals surface area (Å²) in [5.41, 5.74) is 1.24. The fourth-order valence-corrected chi connectivity index (χ4v) is 3.57. The Hall–Kier alpha value is -4.12. The standard InChI is InChI=1S/C21H20N8O3/c1-28-9-7-21(31,19(28)30)18-10-17(27-32-18)15-5-3-4-14(25-15)16-6-8-22-20(26-16)24-13-11-23-29(2)12-13/h3-6,8,10-12,31H,7,9H2,1-2H3,(H,22,24,26)/t21-/m1/s1. The van der Waals surface area contributed by atoms with E-state index in [0.29, 0.717) is 35.3 Å². The largest absolute Gasteiger partial charge is 0.373 e. The lowest BCUT2D eigenvalue weighted by atomic mass is 9.98. The number of aliphatic hydroxyl groups is 1. The van der Waals surface area contributed by atoms with Gasteiger partial charge in [-0.05, 0) is 18.2 Å². The summed E-state index contributed by atoms with van der Waals surface area (Å²) >= 11 is 0. The van der Waals surface area contributed by atoms with E-state index < -0.39 is 11.5 Å². The average molecular weight is 432 g/mol. The van der Waals surface area contributed by atoms with Crippen molar-refractivity contribution >= 4 is 17.5 Å². The van der Waals surface area contributed by atoms with Crippen molar-refractivity contribution in [2.24, 2.45) is 7.05 Å². The molecule has 1 amide bonds. The van der Waals surface area contributed by atoms with Crippen LogP contribution in [0.4, 0.5) is 11.6 Å². The quantitative estimate of drug-likeness (QED) is 0.483. The van der Waals surface area contributed by atoms with Crippen molar-refractivity contribution in [1.29, 1.82) is 0 Å². The molecule has 4 aromatic rings. The lowest BCUT2D eigenvalue weighted by molar-refractivity contribution is -0.144. The lowest BCUT2D eigenvalue weighted by Crippen LogP contribution is -2.35. The zero-order valence-corrected chi connectivity index (χ0v) is 17.4. The molecule has 0 bridgehead atoms. The maximum Gasteiger partial charge on any atom is 0.262 e. The number of nitrogens with one attached hydrogen (secondary N) is 1. The second-order valence-electron chi connectivity index (χ2n) is 7.61. The number of carbonyl (C=O) groups is 1. The number of rotatable bonds is 5. The van der Waals surface area contributed by atoms with E-state index in [9.17, 15) is 9.90 Å². The molecule has 0 aliphatic carbocycles. The molecule has 5 heterocycles. The van der Waals surface area contributed by atoms with Crippen molar-refractivity contribution in [3.05, 3.63) is 54.7 Å². The first-order valence-corrected chi connectivity index (χ1v) is 9.94. The number of amides is 1. The van der Waals surface area contributed by atoms with Gasteiger partial charge in [0.05, 0.1) is 29.0 Å². The first-order chi connectivity index (χ1) is 15.4. The third-order valence-electron chi connectivity index (χ3n) is 5.32. The van der Waals surface area contributed by atoms with Gasteiger partial charge in [0.25, 0.3) is 5.91 Å². The zero-order valence-electron chi connectivity index (χ0n) is 17.4. The van der Waals surface area contributed by atoms with Crippen molar-refractivity contribution in [3.8, 4) is 22.8 Å². The van der Waals surface area contributed by atoms with Crippen LogP contribution >= 0.6 is 0 Å². The van der Waals surface area contributed by atoms with Crippen molar-refractivity contribution < 1.29 is 14.4 Å². The molecule has 4 aromatic heterocycles. The summed E-state index contributed by atoms with van der Waals surface area (Å²) in [6.07, 6.45) is 5.38. The van der Waals surface area contributed by atoms with Gasteiger partial charge in [0, 0.05) is 45.5 Å².